The topological polar surface area (TPSA) is 38.3 Å². The number of rotatable bonds is 5. The highest BCUT2D eigenvalue weighted by Crippen LogP contribution is 2.38. The molecule has 0 bridgehead atoms. The van der Waals surface area contributed by atoms with Crippen molar-refractivity contribution in [1.82, 2.24) is 5.32 Å². The van der Waals surface area contributed by atoms with Crippen LogP contribution in [0.15, 0.2) is 18.2 Å². The molecule has 1 aliphatic heterocycles. The summed E-state index contributed by atoms with van der Waals surface area (Å²) < 4.78 is 5.34. The summed E-state index contributed by atoms with van der Waals surface area (Å²) in [5.74, 6) is 0.770. The van der Waals surface area contributed by atoms with Crippen molar-refractivity contribution < 1.29 is 9.53 Å². The molecule has 110 valence electrons. The van der Waals surface area contributed by atoms with Crippen LogP contribution in [-0.4, -0.2) is 26.0 Å². The molecule has 0 saturated carbocycles. The first-order chi connectivity index (χ1) is 9.63. The fourth-order valence-corrected chi connectivity index (χ4v) is 3.28. The molecule has 3 nitrogen and oxygen atoms in total. The molecule has 1 aliphatic rings. The summed E-state index contributed by atoms with van der Waals surface area (Å²) >= 11 is 6.06. The summed E-state index contributed by atoms with van der Waals surface area (Å²) in [5.41, 5.74) is 0.294. The molecule has 0 aromatic heterocycles. The maximum Gasteiger partial charge on any atom is 0.174 e. The van der Waals surface area contributed by atoms with E-state index in [2.05, 4.69) is 12.2 Å². The number of ether oxygens (including phenoxy) is 1. The Morgan fingerprint density at radius 2 is 2.30 bits per heavy atom. The van der Waals surface area contributed by atoms with Gasteiger partial charge in [-0.3, -0.25) is 4.79 Å². The zero-order chi connectivity index (χ0) is 14.6. The number of ketones is 1. The zero-order valence-corrected chi connectivity index (χ0v) is 12.9. The second-order valence-electron chi connectivity index (χ2n) is 5.48. The average molecular weight is 296 g/mol. The zero-order valence-electron chi connectivity index (χ0n) is 12.2. The molecular weight excluding hydrogens is 274 g/mol. The molecule has 1 atom stereocenters. The smallest absolute Gasteiger partial charge is 0.174 e. The summed E-state index contributed by atoms with van der Waals surface area (Å²) in [7, 11) is 1.59. The number of hydrogen-bond acceptors (Lipinski definition) is 3. The highest BCUT2D eigenvalue weighted by molar-refractivity contribution is 6.31. The molecule has 0 amide bonds. The third-order valence-electron chi connectivity index (χ3n) is 4.09. The van der Waals surface area contributed by atoms with E-state index in [4.69, 9.17) is 16.3 Å². The van der Waals surface area contributed by atoms with Gasteiger partial charge in [0.1, 0.15) is 5.75 Å². The first-order valence-corrected chi connectivity index (χ1v) is 7.60. The van der Waals surface area contributed by atoms with E-state index in [-0.39, 0.29) is 11.2 Å². The van der Waals surface area contributed by atoms with Gasteiger partial charge in [-0.15, -0.1) is 0 Å². The van der Waals surface area contributed by atoms with Crippen molar-refractivity contribution in [2.24, 2.45) is 5.41 Å². The Kier molecular flexibility index (Phi) is 5.06. The normalized spacial score (nSPS) is 22.6. The largest absolute Gasteiger partial charge is 0.496 e. The van der Waals surface area contributed by atoms with Crippen LogP contribution in [0.3, 0.4) is 0 Å². The van der Waals surface area contributed by atoms with Crippen LogP contribution in [-0.2, 0) is 0 Å². The van der Waals surface area contributed by atoms with E-state index in [1.165, 1.54) is 0 Å². The lowest BCUT2D eigenvalue weighted by molar-refractivity contribution is 0.0714. The summed E-state index contributed by atoms with van der Waals surface area (Å²) in [6.07, 6.45) is 3.86. The van der Waals surface area contributed by atoms with E-state index in [0.717, 1.165) is 38.8 Å². The summed E-state index contributed by atoms with van der Waals surface area (Å²) in [4.78, 5) is 13.1. The number of hydrogen-bond donors (Lipinski definition) is 1. The Morgan fingerprint density at radius 1 is 1.50 bits per heavy atom. The van der Waals surface area contributed by atoms with Crippen LogP contribution in [0.5, 0.6) is 5.75 Å². The van der Waals surface area contributed by atoms with E-state index in [1.54, 1.807) is 25.3 Å². The molecule has 20 heavy (non-hydrogen) atoms. The number of piperidine rings is 1. The SMILES string of the molecule is CCCC1(C(=O)c2cc(Cl)ccc2OC)CCCNC1. The molecule has 4 heteroatoms. The lowest BCUT2D eigenvalue weighted by Crippen LogP contribution is -2.45. The van der Waals surface area contributed by atoms with Crippen LogP contribution in [0.25, 0.3) is 0 Å². The number of Topliss-reactive ketones (excluding diaryl/α,β-unsaturated/α-hetero) is 1. The molecule has 1 fully saturated rings. The fraction of sp³-hybridized carbons (Fsp3) is 0.562. The standard InChI is InChI=1S/C16H22ClNO2/c1-3-7-16(8-4-9-18-11-16)15(19)13-10-12(17)5-6-14(13)20-2/h5-6,10,18H,3-4,7-9,11H2,1-2H3. The molecule has 1 aromatic rings. The van der Waals surface area contributed by atoms with Crippen LogP contribution in [0, 0.1) is 5.41 Å². The molecule has 1 aromatic carbocycles. The summed E-state index contributed by atoms with van der Waals surface area (Å²) in [5, 5.41) is 3.94. The monoisotopic (exact) mass is 295 g/mol. The molecule has 1 unspecified atom stereocenters. The van der Waals surface area contributed by atoms with Crippen LogP contribution < -0.4 is 10.1 Å². The van der Waals surface area contributed by atoms with Gasteiger partial charge in [0.15, 0.2) is 5.78 Å². The number of benzene rings is 1. The van der Waals surface area contributed by atoms with Crippen molar-refractivity contribution in [3.05, 3.63) is 28.8 Å². The average Bonchev–Trinajstić information content (AvgIpc) is 2.47. The van der Waals surface area contributed by atoms with Gasteiger partial charge in [-0.1, -0.05) is 24.9 Å². The predicted molar refractivity (Wildman–Crippen MR) is 81.8 cm³/mol. The maximum atomic E-state index is 13.1. The Hall–Kier alpha value is -1.06. The van der Waals surface area contributed by atoms with Crippen molar-refractivity contribution >= 4 is 17.4 Å². The molecule has 2 rings (SSSR count). The molecule has 1 heterocycles. The van der Waals surface area contributed by atoms with Gasteiger partial charge in [0.2, 0.25) is 0 Å². The van der Waals surface area contributed by atoms with Crippen LogP contribution >= 0.6 is 11.6 Å². The third-order valence-corrected chi connectivity index (χ3v) is 4.32. The van der Waals surface area contributed by atoms with Crippen molar-refractivity contribution in [2.75, 3.05) is 20.2 Å². The van der Waals surface area contributed by atoms with E-state index in [0.29, 0.717) is 16.3 Å². The van der Waals surface area contributed by atoms with E-state index >= 15 is 0 Å². The van der Waals surface area contributed by atoms with Gasteiger partial charge < -0.3 is 10.1 Å². The Labute approximate surface area is 125 Å². The quantitative estimate of drug-likeness (QED) is 0.842. The molecule has 0 radical (unpaired) electrons. The van der Waals surface area contributed by atoms with Gasteiger partial charge in [-0.25, -0.2) is 0 Å². The first-order valence-electron chi connectivity index (χ1n) is 7.22. The second kappa shape index (κ2) is 6.59. The minimum atomic E-state index is -0.315. The minimum absolute atomic E-state index is 0.158. The lowest BCUT2D eigenvalue weighted by atomic mass is 9.71. The lowest BCUT2D eigenvalue weighted by Gasteiger charge is -2.36. The minimum Gasteiger partial charge on any atom is -0.496 e. The van der Waals surface area contributed by atoms with Crippen molar-refractivity contribution in [3.63, 3.8) is 0 Å². The van der Waals surface area contributed by atoms with Gasteiger partial charge in [0.05, 0.1) is 12.7 Å². The van der Waals surface area contributed by atoms with Gasteiger partial charge >= 0.3 is 0 Å². The highest BCUT2D eigenvalue weighted by atomic mass is 35.5. The predicted octanol–water partition coefficient (Wildman–Crippen LogP) is 3.70. The van der Waals surface area contributed by atoms with Gasteiger partial charge in [-0.2, -0.15) is 0 Å². The van der Waals surface area contributed by atoms with Gasteiger partial charge in [0.25, 0.3) is 0 Å². The Morgan fingerprint density at radius 3 is 2.90 bits per heavy atom. The van der Waals surface area contributed by atoms with Gasteiger partial charge in [0, 0.05) is 17.0 Å². The molecular formula is C16H22ClNO2. The van der Waals surface area contributed by atoms with Gasteiger partial charge in [-0.05, 0) is 44.0 Å². The number of carbonyl (C=O) groups excluding carboxylic acids is 1. The Balaban J connectivity index is 2.39. The molecule has 0 aliphatic carbocycles. The van der Waals surface area contributed by atoms with Crippen molar-refractivity contribution in [1.29, 1.82) is 0 Å². The van der Waals surface area contributed by atoms with E-state index < -0.39 is 0 Å². The number of nitrogens with one attached hydrogen (secondary N) is 1. The molecule has 1 N–H and O–H groups in total. The van der Waals surface area contributed by atoms with Crippen LogP contribution in [0.4, 0.5) is 0 Å². The first kappa shape index (κ1) is 15.3. The fourth-order valence-electron chi connectivity index (χ4n) is 3.11. The van der Waals surface area contributed by atoms with Crippen molar-refractivity contribution in [3.8, 4) is 5.75 Å². The number of methoxy groups -OCH3 is 1. The van der Waals surface area contributed by atoms with Crippen LogP contribution in [0.2, 0.25) is 5.02 Å². The third kappa shape index (κ3) is 2.99. The Bertz CT molecular complexity index is 476. The number of carbonyl (C=O) groups is 1. The summed E-state index contributed by atoms with van der Waals surface area (Å²) in [6.45, 7) is 3.86. The number of halogens is 1. The molecule has 0 spiro atoms. The highest BCUT2D eigenvalue weighted by Gasteiger charge is 2.40. The summed E-state index contributed by atoms with van der Waals surface area (Å²) in [6, 6.07) is 5.25. The second-order valence-corrected chi connectivity index (χ2v) is 5.92. The maximum absolute atomic E-state index is 13.1. The van der Waals surface area contributed by atoms with E-state index in [9.17, 15) is 4.79 Å². The van der Waals surface area contributed by atoms with Crippen LogP contribution in [0.1, 0.15) is 43.0 Å². The molecule has 1 saturated heterocycles. The van der Waals surface area contributed by atoms with Crippen molar-refractivity contribution in [2.45, 2.75) is 32.6 Å². The van der Waals surface area contributed by atoms with E-state index in [1.807, 2.05) is 0 Å².